The maximum Gasteiger partial charge on any atom is 0.310 e. The van der Waals surface area contributed by atoms with Crippen LogP contribution in [0.25, 0.3) is 0 Å². The molecule has 2 aromatic carbocycles. The number of hydrogen-bond donors (Lipinski definition) is 2. The summed E-state index contributed by atoms with van der Waals surface area (Å²) < 4.78 is 4.99. The average Bonchev–Trinajstić information content (AvgIpc) is 3.03. The number of rotatable bonds is 5. The maximum absolute atomic E-state index is 11.9. The molecule has 0 saturated carbocycles. The molecule has 0 atom stereocenters. The van der Waals surface area contributed by atoms with Crippen molar-refractivity contribution in [2.24, 2.45) is 0 Å². The van der Waals surface area contributed by atoms with Gasteiger partial charge in [0.2, 0.25) is 0 Å². The zero-order valence-electron chi connectivity index (χ0n) is 13.2. The van der Waals surface area contributed by atoms with Gasteiger partial charge in [-0.15, -0.1) is 0 Å². The quantitative estimate of drug-likeness (QED) is 0.829. The monoisotopic (exact) mass is 325 g/mol. The third-order valence-electron chi connectivity index (χ3n) is 4.03. The molecular formula is C19H19NO4. The van der Waals surface area contributed by atoms with Crippen LogP contribution in [-0.4, -0.2) is 23.6 Å². The number of aromatic hydroxyl groups is 1. The Morgan fingerprint density at radius 2 is 1.79 bits per heavy atom. The Balaban J connectivity index is 1.46. The molecular weight excluding hydrogens is 306 g/mol. The zero-order valence-corrected chi connectivity index (χ0v) is 13.2. The lowest BCUT2D eigenvalue weighted by Crippen LogP contribution is -2.21. The van der Waals surface area contributed by atoms with Gasteiger partial charge >= 0.3 is 5.97 Å². The van der Waals surface area contributed by atoms with Crippen LogP contribution in [0.2, 0.25) is 0 Å². The molecule has 2 aromatic rings. The van der Waals surface area contributed by atoms with Crippen molar-refractivity contribution in [3.8, 4) is 5.75 Å². The Morgan fingerprint density at radius 1 is 1.04 bits per heavy atom. The van der Waals surface area contributed by atoms with Gasteiger partial charge in [-0.2, -0.15) is 0 Å². The number of phenols is 1. The summed E-state index contributed by atoms with van der Waals surface area (Å²) in [4.78, 5) is 23.6. The van der Waals surface area contributed by atoms with Gasteiger partial charge in [0.05, 0.1) is 6.42 Å². The number of fused-ring (bicyclic) bond motifs is 1. The van der Waals surface area contributed by atoms with Crippen molar-refractivity contribution in [1.82, 2.24) is 0 Å². The lowest BCUT2D eigenvalue weighted by molar-refractivity contribution is -0.146. The van der Waals surface area contributed by atoms with Crippen LogP contribution in [0, 0.1) is 0 Å². The molecule has 124 valence electrons. The van der Waals surface area contributed by atoms with Gasteiger partial charge in [0.1, 0.15) is 5.75 Å². The van der Waals surface area contributed by atoms with Crippen molar-refractivity contribution in [3.05, 3.63) is 59.2 Å². The fourth-order valence-corrected chi connectivity index (χ4v) is 2.82. The van der Waals surface area contributed by atoms with Crippen LogP contribution in [0.5, 0.6) is 5.75 Å². The largest absolute Gasteiger partial charge is 0.508 e. The number of nitrogens with one attached hydrogen (secondary N) is 1. The van der Waals surface area contributed by atoms with Gasteiger partial charge in [-0.25, -0.2) is 0 Å². The fourth-order valence-electron chi connectivity index (χ4n) is 2.82. The number of ether oxygens (including phenoxy) is 1. The minimum absolute atomic E-state index is 0.0619. The highest BCUT2D eigenvalue weighted by atomic mass is 16.5. The van der Waals surface area contributed by atoms with Gasteiger partial charge in [0.25, 0.3) is 5.91 Å². The minimum Gasteiger partial charge on any atom is -0.508 e. The molecule has 1 aliphatic rings. The predicted molar refractivity (Wildman–Crippen MR) is 89.9 cm³/mol. The van der Waals surface area contributed by atoms with E-state index in [0.717, 1.165) is 30.5 Å². The van der Waals surface area contributed by atoms with Crippen molar-refractivity contribution in [3.63, 3.8) is 0 Å². The van der Waals surface area contributed by atoms with Crippen LogP contribution in [0.3, 0.4) is 0 Å². The summed E-state index contributed by atoms with van der Waals surface area (Å²) in [6.45, 7) is -0.312. The molecule has 2 N–H and O–H groups in total. The first kappa shape index (κ1) is 16.1. The Morgan fingerprint density at radius 3 is 2.58 bits per heavy atom. The Labute approximate surface area is 140 Å². The zero-order chi connectivity index (χ0) is 16.9. The molecule has 5 heteroatoms. The fraction of sp³-hybridized carbons (Fsp3) is 0.263. The molecule has 0 saturated heterocycles. The molecule has 0 heterocycles. The molecule has 0 fully saturated rings. The van der Waals surface area contributed by atoms with E-state index in [1.54, 1.807) is 12.1 Å². The summed E-state index contributed by atoms with van der Waals surface area (Å²) in [5, 5.41) is 11.9. The topological polar surface area (TPSA) is 75.6 Å². The number of esters is 1. The average molecular weight is 325 g/mol. The summed E-state index contributed by atoms with van der Waals surface area (Å²) in [6.07, 6.45) is 3.35. The number of anilines is 1. The minimum atomic E-state index is -0.482. The van der Waals surface area contributed by atoms with Crippen molar-refractivity contribution in [2.45, 2.75) is 25.7 Å². The molecule has 0 bridgehead atoms. The van der Waals surface area contributed by atoms with E-state index in [1.807, 2.05) is 18.2 Å². The molecule has 1 amide bonds. The Kier molecular flexibility index (Phi) is 4.79. The number of phenolic OH excluding ortho intramolecular Hbond substituents is 1. The third kappa shape index (κ3) is 4.13. The summed E-state index contributed by atoms with van der Waals surface area (Å²) >= 11 is 0. The van der Waals surface area contributed by atoms with Crippen molar-refractivity contribution in [2.75, 3.05) is 11.9 Å². The molecule has 0 unspecified atom stereocenters. The van der Waals surface area contributed by atoms with E-state index in [2.05, 4.69) is 5.32 Å². The van der Waals surface area contributed by atoms with E-state index in [-0.39, 0.29) is 24.7 Å². The van der Waals surface area contributed by atoms with Gasteiger partial charge < -0.3 is 15.2 Å². The van der Waals surface area contributed by atoms with Gasteiger partial charge in [-0.05, 0) is 60.2 Å². The van der Waals surface area contributed by atoms with E-state index < -0.39 is 5.97 Å². The second-order valence-electron chi connectivity index (χ2n) is 5.89. The van der Waals surface area contributed by atoms with E-state index in [1.165, 1.54) is 23.3 Å². The van der Waals surface area contributed by atoms with Crippen LogP contribution in [0.15, 0.2) is 42.5 Å². The van der Waals surface area contributed by atoms with Gasteiger partial charge in [-0.1, -0.05) is 18.2 Å². The smallest absolute Gasteiger partial charge is 0.310 e. The molecule has 0 spiro atoms. The number of amides is 1. The van der Waals surface area contributed by atoms with Crippen LogP contribution in [-0.2, 0) is 33.6 Å². The molecule has 1 aliphatic carbocycles. The number of benzene rings is 2. The van der Waals surface area contributed by atoms with Crippen LogP contribution in [0.1, 0.15) is 23.1 Å². The standard InChI is InChI=1S/C19H19NO4/c21-17-8-4-13(5-9-17)10-19(23)24-12-18(22)20-16-7-6-14-2-1-3-15(14)11-16/h4-9,11,21H,1-3,10,12H2,(H,20,22). The van der Waals surface area contributed by atoms with Crippen LogP contribution < -0.4 is 5.32 Å². The number of carbonyl (C=O) groups is 2. The van der Waals surface area contributed by atoms with Gasteiger partial charge in [0.15, 0.2) is 6.61 Å². The van der Waals surface area contributed by atoms with E-state index in [9.17, 15) is 14.7 Å². The van der Waals surface area contributed by atoms with Crippen molar-refractivity contribution < 1.29 is 19.4 Å². The predicted octanol–water partition coefficient (Wildman–Crippen LogP) is 2.61. The molecule has 5 nitrogen and oxygen atoms in total. The highest BCUT2D eigenvalue weighted by Crippen LogP contribution is 2.24. The summed E-state index contributed by atoms with van der Waals surface area (Å²) in [5.74, 6) is -0.697. The Hall–Kier alpha value is -2.82. The maximum atomic E-state index is 11.9. The second-order valence-corrected chi connectivity index (χ2v) is 5.89. The van der Waals surface area contributed by atoms with E-state index >= 15 is 0 Å². The van der Waals surface area contributed by atoms with Crippen molar-refractivity contribution >= 4 is 17.6 Å². The van der Waals surface area contributed by atoms with Crippen molar-refractivity contribution in [1.29, 1.82) is 0 Å². The molecule has 3 rings (SSSR count). The lowest BCUT2D eigenvalue weighted by Gasteiger charge is -2.08. The number of aryl methyl sites for hydroxylation is 2. The first-order valence-electron chi connectivity index (χ1n) is 7.95. The molecule has 0 radical (unpaired) electrons. The molecule has 0 aliphatic heterocycles. The first-order chi connectivity index (χ1) is 11.6. The molecule has 0 aromatic heterocycles. The highest BCUT2D eigenvalue weighted by Gasteiger charge is 2.13. The molecule has 24 heavy (non-hydrogen) atoms. The summed E-state index contributed by atoms with van der Waals surface area (Å²) in [7, 11) is 0. The van der Waals surface area contributed by atoms with Crippen LogP contribution in [0.4, 0.5) is 5.69 Å². The first-order valence-corrected chi connectivity index (χ1v) is 7.95. The SMILES string of the molecule is O=C(COC(=O)Cc1ccc(O)cc1)Nc1ccc2c(c1)CCC2. The number of carbonyl (C=O) groups excluding carboxylic acids is 2. The van der Waals surface area contributed by atoms with Gasteiger partial charge in [0, 0.05) is 5.69 Å². The summed E-state index contributed by atoms with van der Waals surface area (Å²) in [6, 6.07) is 12.2. The number of hydrogen-bond acceptors (Lipinski definition) is 4. The van der Waals surface area contributed by atoms with E-state index in [0.29, 0.717) is 0 Å². The summed E-state index contributed by atoms with van der Waals surface area (Å²) in [5.41, 5.74) is 4.07. The lowest BCUT2D eigenvalue weighted by atomic mass is 10.1. The second kappa shape index (κ2) is 7.17. The van der Waals surface area contributed by atoms with Gasteiger partial charge in [-0.3, -0.25) is 9.59 Å². The Bertz CT molecular complexity index is 752. The van der Waals surface area contributed by atoms with Crippen LogP contribution >= 0.6 is 0 Å². The normalized spacial score (nSPS) is 12.5. The van der Waals surface area contributed by atoms with E-state index in [4.69, 9.17) is 4.74 Å². The highest BCUT2D eigenvalue weighted by molar-refractivity contribution is 5.93. The third-order valence-corrected chi connectivity index (χ3v) is 4.03.